The molecule has 0 radical (unpaired) electrons. The molecule has 0 bridgehead atoms. The molecule has 0 spiro atoms. The van der Waals surface area contributed by atoms with Crippen molar-refractivity contribution in [1.82, 2.24) is 4.90 Å². The van der Waals surface area contributed by atoms with E-state index in [1.807, 2.05) is 26.0 Å². The Balaban J connectivity index is 2.65. The quantitative estimate of drug-likeness (QED) is 0.872. The van der Waals surface area contributed by atoms with Gasteiger partial charge in [0.25, 0.3) is 0 Å². The first kappa shape index (κ1) is 15.5. The van der Waals surface area contributed by atoms with Gasteiger partial charge >= 0.3 is 12.0 Å². The molecule has 2 N–H and O–H groups in total. The van der Waals surface area contributed by atoms with Crippen molar-refractivity contribution in [2.45, 2.75) is 20.3 Å². The van der Waals surface area contributed by atoms with Crippen molar-refractivity contribution in [3.05, 3.63) is 28.2 Å². The average molecular weight is 329 g/mol. The van der Waals surface area contributed by atoms with Crippen molar-refractivity contribution in [1.29, 1.82) is 0 Å². The number of benzene rings is 1. The maximum Gasteiger partial charge on any atom is 0.321 e. The summed E-state index contributed by atoms with van der Waals surface area (Å²) in [5.41, 5.74) is 1.71. The van der Waals surface area contributed by atoms with Crippen LogP contribution in [0.2, 0.25) is 0 Å². The predicted molar refractivity (Wildman–Crippen MR) is 77.4 cm³/mol. The number of hydrogen-bond acceptors (Lipinski definition) is 2. The minimum absolute atomic E-state index is 0.0549. The fraction of sp³-hybridized carbons (Fsp3) is 0.385. The van der Waals surface area contributed by atoms with Gasteiger partial charge in [0.2, 0.25) is 0 Å². The zero-order valence-electron chi connectivity index (χ0n) is 10.9. The fourth-order valence-corrected chi connectivity index (χ4v) is 1.81. The number of amides is 2. The average Bonchev–Trinajstić information content (AvgIpc) is 2.34. The summed E-state index contributed by atoms with van der Waals surface area (Å²) in [4.78, 5) is 23.9. The Labute approximate surface area is 120 Å². The molecule has 19 heavy (non-hydrogen) atoms. The molecule has 0 fully saturated rings. The van der Waals surface area contributed by atoms with Crippen LogP contribution < -0.4 is 5.32 Å². The highest BCUT2D eigenvalue weighted by atomic mass is 79.9. The molecule has 0 aliphatic carbocycles. The maximum absolute atomic E-state index is 12.0. The molecule has 6 heteroatoms. The predicted octanol–water partition coefficient (Wildman–Crippen LogP) is 3.09. The Morgan fingerprint density at radius 1 is 1.42 bits per heavy atom. The second-order valence-electron chi connectivity index (χ2n) is 4.12. The summed E-state index contributed by atoms with van der Waals surface area (Å²) in [5.74, 6) is -0.911. The monoisotopic (exact) mass is 328 g/mol. The van der Waals surface area contributed by atoms with E-state index in [0.29, 0.717) is 12.2 Å². The number of nitrogens with zero attached hydrogens (tertiary/aromatic N) is 1. The van der Waals surface area contributed by atoms with Crippen LogP contribution in [0.5, 0.6) is 0 Å². The lowest BCUT2D eigenvalue weighted by molar-refractivity contribution is -0.137. The summed E-state index contributed by atoms with van der Waals surface area (Å²) in [7, 11) is 0. The van der Waals surface area contributed by atoms with Gasteiger partial charge in [0, 0.05) is 23.2 Å². The third-order valence-corrected chi connectivity index (χ3v) is 3.56. The second-order valence-corrected chi connectivity index (χ2v) is 4.97. The van der Waals surface area contributed by atoms with E-state index in [0.717, 1.165) is 10.0 Å². The molecule has 2 amide bonds. The molecule has 1 aromatic carbocycles. The summed E-state index contributed by atoms with van der Waals surface area (Å²) < 4.78 is 0.976. The molecule has 0 unspecified atom stereocenters. The number of carboxylic acids is 1. The van der Waals surface area contributed by atoms with Crippen LogP contribution in [0.4, 0.5) is 10.5 Å². The van der Waals surface area contributed by atoms with Gasteiger partial charge in [-0.1, -0.05) is 15.9 Å². The van der Waals surface area contributed by atoms with Crippen LogP contribution in [0.15, 0.2) is 22.7 Å². The van der Waals surface area contributed by atoms with E-state index in [1.54, 1.807) is 6.07 Å². The minimum atomic E-state index is -0.911. The van der Waals surface area contributed by atoms with Gasteiger partial charge in [0.15, 0.2) is 0 Å². The summed E-state index contributed by atoms with van der Waals surface area (Å²) in [6.45, 7) is 4.41. The van der Waals surface area contributed by atoms with E-state index >= 15 is 0 Å². The Hall–Kier alpha value is -1.56. The van der Waals surface area contributed by atoms with Gasteiger partial charge in [-0.15, -0.1) is 0 Å². The number of halogens is 1. The number of carbonyl (C=O) groups excluding carboxylic acids is 1. The van der Waals surface area contributed by atoms with Crippen LogP contribution in [0.25, 0.3) is 0 Å². The van der Waals surface area contributed by atoms with Gasteiger partial charge in [0.05, 0.1) is 6.42 Å². The Bertz CT molecular complexity index is 477. The number of aliphatic carboxylic acids is 1. The summed E-state index contributed by atoms with van der Waals surface area (Å²) in [6, 6.07) is 5.22. The number of hydrogen-bond donors (Lipinski definition) is 2. The van der Waals surface area contributed by atoms with E-state index in [2.05, 4.69) is 21.2 Å². The first-order chi connectivity index (χ1) is 8.93. The van der Waals surface area contributed by atoms with Crippen molar-refractivity contribution >= 4 is 33.6 Å². The molecule has 0 aromatic heterocycles. The molecule has 0 atom stereocenters. The third-order valence-electron chi connectivity index (χ3n) is 2.67. The van der Waals surface area contributed by atoms with Crippen LogP contribution in [0.3, 0.4) is 0 Å². The van der Waals surface area contributed by atoms with E-state index in [-0.39, 0.29) is 19.0 Å². The lowest BCUT2D eigenvalue weighted by Gasteiger charge is -2.20. The number of aryl methyl sites for hydroxylation is 1. The number of anilines is 1. The topological polar surface area (TPSA) is 69.6 Å². The normalized spacial score (nSPS) is 10.1. The van der Waals surface area contributed by atoms with E-state index in [9.17, 15) is 9.59 Å². The number of nitrogens with one attached hydrogen (secondary N) is 1. The first-order valence-electron chi connectivity index (χ1n) is 5.98. The van der Waals surface area contributed by atoms with E-state index < -0.39 is 5.97 Å². The highest BCUT2D eigenvalue weighted by molar-refractivity contribution is 9.10. The van der Waals surface area contributed by atoms with E-state index in [4.69, 9.17) is 5.11 Å². The highest BCUT2D eigenvalue weighted by Gasteiger charge is 2.13. The van der Waals surface area contributed by atoms with Gasteiger partial charge < -0.3 is 15.3 Å². The molecule has 1 rings (SSSR count). The van der Waals surface area contributed by atoms with Crippen molar-refractivity contribution in [3.8, 4) is 0 Å². The Morgan fingerprint density at radius 2 is 2.11 bits per heavy atom. The molecule has 104 valence electrons. The molecule has 0 aliphatic heterocycles. The summed E-state index contributed by atoms with van der Waals surface area (Å²) in [5, 5.41) is 11.4. The minimum Gasteiger partial charge on any atom is -0.481 e. The molecule has 5 nitrogen and oxygen atoms in total. The zero-order valence-corrected chi connectivity index (χ0v) is 12.5. The maximum atomic E-state index is 12.0. The largest absolute Gasteiger partial charge is 0.481 e. The van der Waals surface area contributed by atoms with E-state index in [1.165, 1.54) is 4.90 Å². The molecule has 1 aromatic rings. The lowest BCUT2D eigenvalue weighted by atomic mass is 10.2. The van der Waals surface area contributed by atoms with Crippen LogP contribution in [0.1, 0.15) is 18.9 Å². The lowest BCUT2D eigenvalue weighted by Crippen LogP contribution is -2.36. The molecule has 0 saturated carbocycles. The van der Waals surface area contributed by atoms with Crippen molar-refractivity contribution in [3.63, 3.8) is 0 Å². The number of rotatable bonds is 5. The van der Waals surface area contributed by atoms with Crippen LogP contribution in [-0.4, -0.2) is 35.1 Å². The van der Waals surface area contributed by atoms with Gasteiger partial charge in [-0.05, 0) is 37.6 Å². The number of urea groups is 1. The first-order valence-corrected chi connectivity index (χ1v) is 6.77. The summed E-state index contributed by atoms with van der Waals surface area (Å²) >= 11 is 3.39. The zero-order chi connectivity index (χ0) is 14.4. The van der Waals surface area contributed by atoms with Crippen molar-refractivity contribution in [2.24, 2.45) is 0 Å². The molecular weight excluding hydrogens is 312 g/mol. The third kappa shape index (κ3) is 4.90. The van der Waals surface area contributed by atoms with Crippen molar-refractivity contribution in [2.75, 3.05) is 18.4 Å². The molecule has 0 saturated heterocycles. The Morgan fingerprint density at radius 3 is 2.63 bits per heavy atom. The second kappa shape index (κ2) is 7.13. The van der Waals surface area contributed by atoms with Crippen LogP contribution in [-0.2, 0) is 4.79 Å². The standard InChI is InChI=1S/C13H17BrN2O3/c1-3-16(7-6-12(17)18)13(19)15-10-4-5-11(14)9(2)8-10/h4-5,8H,3,6-7H2,1-2H3,(H,15,19)(H,17,18). The van der Waals surface area contributed by atoms with Gasteiger partial charge in [-0.25, -0.2) is 4.79 Å². The molecular formula is C13H17BrN2O3. The highest BCUT2D eigenvalue weighted by Crippen LogP contribution is 2.20. The number of carboxylic acid groups (broad SMARTS) is 1. The smallest absolute Gasteiger partial charge is 0.321 e. The molecule has 0 aliphatic rings. The van der Waals surface area contributed by atoms with Gasteiger partial charge in [0.1, 0.15) is 0 Å². The number of carbonyl (C=O) groups is 2. The fourth-order valence-electron chi connectivity index (χ4n) is 1.56. The molecule has 0 heterocycles. The van der Waals surface area contributed by atoms with Gasteiger partial charge in [-0.2, -0.15) is 0 Å². The van der Waals surface area contributed by atoms with Crippen molar-refractivity contribution < 1.29 is 14.7 Å². The Kier molecular flexibility index (Phi) is 5.82. The summed E-state index contributed by atoms with van der Waals surface area (Å²) in [6.07, 6.45) is -0.0549. The van der Waals surface area contributed by atoms with Crippen LogP contribution >= 0.6 is 15.9 Å². The van der Waals surface area contributed by atoms with Crippen LogP contribution in [0, 0.1) is 6.92 Å². The van der Waals surface area contributed by atoms with Gasteiger partial charge in [-0.3, -0.25) is 4.79 Å². The SMILES string of the molecule is CCN(CCC(=O)O)C(=O)Nc1ccc(Br)c(C)c1.